The Morgan fingerprint density at radius 3 is 2.15 bits per heavy atom. The molecule has 0 saturated carbocycles. The summed E-state index contributed by atoms with van der Waals surface area (Å²) in [5.74, 6) is 1.39. The van der Waals surface area contributed by atoms with E-state index in [9.17, 15) is 14.9 Å². The van der Waals surface area contributed by atoms with Crippen molar-refractivity contribution >= 4 is 31.3 Å². The number of aryl methyl sites for hydroxylation is 1. The van der Waals surface area contributed by atoms with Crippen LogP contribution in [0.4, 0.5) is 10.5 Å². The molecule has 1 aliphatic heterocycles. The molecule has 0 spiro atoms. The van der Waals surface area contributed by atoms with Crippen LogP contribution >= 0.6 is 8.53 Å². The third-order valence-corrected chi connectivity index (χ3v) is 13.5. The SMILES string of the molecule is COc1ccc(C(OC[C@H]2O[C@@H](n3cc4cc(-c5cccc(NC(N)=O)c5)n(C)c4nc3=O)C[C@@H]2OP(OCCC#N)N(C(C)C)C(C)C)(c2ccccc2)c2ccc(OC)cc2)cc1. The molecule has 1 aliphatic rings. The zero-order chi connectivity index (χ0) is 46.3. The van der Waals surface area contributed by atoms with Crippen LogP contribution in [0.25, 0.3) is 22.3 Å². The molecule has 2 amide bonds. The predicted octanol–water partition coefficient (Wildman–Crippen LogP) is 8.87. The van der Waals surface area contributed by atoms with Gasteiger partial charge in [0, 0.05) is 48.4 Å². The highest BCUT2D eigenvalue weighted by Gasteiger charge is 2.45. The van der Waals surface area contributed by atoms with Crippen LogP contribution in [0.15, 0.2) is 120 Å². The fraction of sp³-hybridized carbons (Fsp3) is 0.347. The summed E-state index contributed by atoms with van der Waals surface area (Å²) in [5.41, 5.74) is 8.86. The van der Waals surface area contributed by atoms with Gasteiger partial charge < -0.3 is 43.6 Å². The Kier molecular flexibility index (Phi) is 15.0. The lowest BCUT2D eigenvalue weighted by Gasteiger charge is -2.39. The van der Waals surface area contributed by atoms with Crippen molar-refractivity contribution in [3.8, 4) is 28.8 Å². The third kappa shape index (κ3) is 10.2. The van der Waals surface area contributed by atoms with E-state index in [2.05, 4.69) is 48.7 Å². The van der Waals surface area contributed by atoms with Crippen LogP contribution < -0.4 is 26.2 Å². The molecule has 3 heterocycles. The maximum atomic E-state index is 14.1. The summed E-state index contributed by atoms with van der Waals surface area (Å²) >= 11 is 0. The van der Waals surface area contributed by atoms with Gasteiger partial charge in [-0.25, -0.2) is 14.3 Å². The van der Waals surface area contributed by atoms with E-state index < -0.39 is 44.3 Å². The summed E-state index contributed by atoms with van der Waals surface area (Å²) < 4.78 is 44.4. The second-order valence-corrected chi connectivity index (χ2v) is 17.6. The average molecular weight is 902 g/mol. The van der Waals surface area contributed by atoms with Gasteiger partial charge >= 0.3 is 11.7 Å². The molecule has 6 aromatic rings. The number of nitrogens with one attached hydrogen (secondary N) is 1. The Bertz CT molecular complexity index is 2590. The first kappa shape index (κ1) is 46.9. The van der Waals surface area contributed by atoms with E-state index in [-0.39, 0.29) is 38.1 Å². The molecule has 3 N–H and O–H groups in total. The molecule has 1 fully saturated rings. The molecule has 4 atom stereocenters. The summed E-state index contributed by atoms with van der Waals surface area (Å²) in [6, 6.07) is 36.4. The molecule has 0 radical (unpaired) electrons. The van der Waals surface area contributed by atoms with Crippen molar-refractivity contribution in [2.45, 2.75) is 76.7 Å². The summed E-state index contributed by atoms with van der Waals surface area (Å²) in [6.07, 6.45) is 0.0463. The normalized spacial score (nSPS) is 16.8. The number of hydrogen-bond donors (Lipinski definition) is 2. The lowest BCUT2D eigenvalue weighted by molar-refractivity contribution is -0.0924. The first-order valence-electron chi connectivity index (χ1n) is 21.5. The second-order valence-electron chi connectivity index (χ2n) is 16.2. The molecule has 15 nitrogen and oxygen atoms in total. The number of methoxy groups -OCH3 is 2. The number of primary amides is 1. The molecule has 340 valence electrons. The van der Waals surface area contributed by atoms with Crippen LogP contribution in [0, 0.1) is 11.3 Å². The topological polar surface area (TPSA) is 177 Å². The molecular weight excluding hydrogens is 846 g/mol. The third-order valence-electron chi connectivity index (χ3n) is 11.4. The number of hydrogen-bond acceptors (Lipinski definition) is 11. The van der Waals surface area contributed by atoms with Gasteiger partial charge in [0.25, 0.3) is 8.53 Å². The van der Waals surface area contributed by atoms with Crippen molar-refractivity contribution in [2.75, 3.05) is 32.8 Å². The molecule has 16 heteroatoms. The number of rotatable bonds is 19. The first-order chi connectivity index (χ1) is 31.4. The molecule has 0 bridgehead atoms. The van der Waals surface area contributed by atoms with Crippen LogP contribution in [0.2, 0.25) is 0 Å². The minimum absolute atomic E-state index is 0.0223. The quantitative estimate of drug-likeness (QED) is 0.0451. The number of carbonyl (C=O) groups is 1. The molecular formula is C49H56N7O8P. The Labute approximate surface area is 380 Å². The van der Waals surface area contributed by atoms with E-state index in [4.69, 9.17) is 33.7 Å². The Hall–Kier alpha value is -6.11. The number of anilines is 1. The molecule has 7 rings (SSSR count). The minimum Gasteiger partial charge on any atom is -0.497 e. The van der Waals surface area contributed by atoms with Crippen LogP contribution in [0.5, 0.6) is 11.5 Å². The second kappa shape index (κ2) is 20.8. The summed E-state index contributed by atoms with van der Waals surface area (Å²) in [7, 11) is 3.38. The van der Waals surface area contributed by atoms with Crippen LogP contribution in [0.3, 0.4) is 0 Å². The zero-order valence-electron chi connectivity index (χ0n) is 37.7. The van der Waals surface area contributed by atoms with E-state index in [1.807, 2.05) is 109 Å². The number of benzene rings is 4. The monoisotopic (exact) mass is 901 g/mol. The number of nitrogens with zero attached hydrogens (tertiary/aromatic N) is 5. The maximum absolute atomic E-state index is 14.1. The fourth-order valence-corrected chi connectivity index (χ4v) is 10.2. The lowest BCUT2D eigenvalue weighted by Crippen LogP contribution is -2.39. The molecule has 4 aromatic carbocycles. The van der Waals surface area contributed by atoms with Crippen LogP contribution in [-0.4, -0.2) is 76.5 Å². The smallest absolute Gasteiger partial charge is 0.351 e. The highest BCUT2D eigenvalue weighted by Crippen LogP contribution is 2.51. The van der Waals surface area contributed by atoms with E-state index >= 15 is 0 Å². The average Bonchev–Trinajstić information content (AvgIpc) is 3.85. The molecule has 1 unspecified atom stereocenters. The van der Waals surface area contributed by atoms with E-state index in [0.29, 0.717) is 28.2 Å². The van der Waals surface area contributed by atoms with Gasteiger partial charge in [-0.3, -0.25) is 4.57 Å². The van der Waals surface area contributed by atoms with Gasteiger partial charge in [-0.05, 0) is 86.8 Å². The van der Waals surface area contributed by atoms with E-state index in [1.165, 1.54) is 4.57 Å². The highest BCUT2D eigenvalue weighted by atomic mass is 31.2. The largest absolute Gasteiger partial charge is 0.497 e. The standard InChI is InChI=1S/C49H56N7O8P/c1-32(2)56(33(3)4)65(62-26-12-25-50)64-43-29-45(55-30-35-28-42(54(5)46(35)53-48(55)58)34-13-11-16-39(27-34)52-47(51)57)63-44(43)31-61-49(36-14-9-8-10-15-36,37-17-21-40(59-6)22-18-37)38-19-23-41(60-7)24-20-38/h8-11,13-24,27-28,30,32-33,43-45H,12,26,29,31H2,1-7H3,(H3,51,52,57)/t43-,44+,45+,65?/m0/s1. The number of fused-ring (bicyclic) bond motifs is 1. The van der Waals surface area contributed by atoms with Crippen molar-refractivity contribution < 1.29 is 32.8 Å². The predicted molar refractivity (Wildman–Crippen MR) is 250 cm³/mol. The van der Waals surface area contributed by atoms with Gasteiger partial charge in [0.05, 0.1) is 51.7 Å². The number of urea groups is 1. The van der Waals surface area contributed by atoms with Crippen molar-refractivity contribution in [1.82, 2.24) is 18.8 Å². The van der Waals surface area contributed by atoms with Gasteiger partial charge in [0.1, 0.15) is 35.1 Å². The molecule has 2 aromatic heterocycles. The van der Waals surface area contributed by atoms with Gasteiger partial charge in [0.15, 0.2) is 0 Å². The fourth-order valence-electron chi connectivity index (χ4n) is 8.41. The number of aromatic nitrogens is 3. The van der Waals surface area contributed by atoms with Gasteiger partial charge in [-0.15, -0.1) is 0 Å². The summed E-state index contributed by atoms with van der Waals surface area (Å²) in [5, 5.41) is 12.8. The Balaban J connectivity index is 1.31. The number of nitrogens with two attached hydrogens (primary N) is 1. The number of carbonyl (C=O) groups excluding carboxylic acids is 1. The number of ether oxygens (including phenoxy) is 4. The van der Waals surface area contributed by atoms with E-state index in [1.54, 1.807) is 32.5 Å². The number of nitriles is 1. The Morgan fingerprint density at radius 2 is 1.57 bits per heavy atom. The Morgan fingerprint density at radius 1 is 0.938 bits per heavy atom. The first-order valence-corrected chi connectivity index (χ1v) is 22.6. The van der Waals surface area contributed by atoms with Crippen molar-refractivity contribution in [3.05, 3.63) is 143 Å². The summed E-state index contributed by atoms with van der Waals surface area (Å²) in [6.45, 7) is 8.53. The highest BCUT2D eigenvalue weighted by molar-refractivity contribution is 7.44. The molecule has 1 saturated heterocycles. The van der Waals surface area contributed by atoms with Crippen LogP contribution in [0.1, 0.15) is 63.5 Å². The summed E-state index contributed by atoms with van der Waals surface area (Å²) in [4.78, 5) is 30.3. The van der Waals surface area contributed by atoms with Gasteiger partial charge in [-0.2, -0.15) is 10.2 Å². The van der Waals surface area contributed by atoms with Crippen molar-refractivity contribution in [2.24, 2.45) is 12.8 Å². The van der Waals surface area contributed by atoms with Crippen molar-refractivity contribution in [1.29, 1.82) is 5.26 Å². The number of amides is 2. The van der Waals surface area contributed by atoms with Crippen molar-refractivity contribution in [3.63, 3.8) is 0 Å². The van der Waals surface area contributed by atoms with Gasteiger partial charge in [0.2, 0.25) is 0 Å². The minimum atomic E-state index is -1.71. The molecule has 0 aliphatic carbocycles. The van der Waals surface area contributed by atoms with Gasteiger partial charge in [-0.1, -0.05) is 66.7 Å². The maximum Gasteiger partial charge on any atom is 0.351 e. The van der Waals surface area contributed by atoms with Crippen LogP contribution in [-0.2, 0) is 31.2 Å². The zero-order valence-corrected chi connectivity index (χ0v) is 38.6. The molecule has 65 heavy (non-hydrogen) atoms. The lowest BCUT2D eigenvalue weighted by atomic mass is 9.80. The van der Waals surface area contributed by atoms with E-state index in [0.717, 1.165) is 27.9 Å².